The molecule has 0 aromatic rings. The molecule has 0 bridgehead atoms. The van der Waals surface area contributed by atoms with E-state index in [1.807, 2.05) is 4.90 Å². The number of rotatable bonds is 4. The molecule has 2 aliphatic heterocycles. The quantitative estimate of drug-likeness (QED) is 0.681. The number of urea groups is 1. The van der Waals surface area contributed by atoms with E-state index in [9.17, 15) is 18.0 Å². The minimum Gasteiger partial charge on any atom is -0.341 e. The Bertz CT molecular complexity index is 537. The van der Waals surface area contributed by atoms with Crippen LogP contribution in [0.1, 0.15) is 25.7 Å². The van der Waals surface area contributed by atoms with Gasteiger partial charge in [-0.05, 0) is 12.8 Å². The summed E-state index contributed by atoms with van der Waals surface area (Å²) in [6.07, 6.45) is 4.00. The van der Waals surface area contributed by atoms with Crippen LogP contribution in [0.4, 0.5) is 4.79 Å². The van der Waals surface area contributed by atoms with Crippen LogP contribution in [-0.2, 0) is 15.0 Å². The van der Waals surface area contributed by atoms with Crippen molar-refractivity contribution in [3.05, 3.63) is 0 Å². The van der Waals surface area contributed by atoms with Crippen LogP contribution in [0.5, 0.6) is 0 Å². The van der Waals surface area contributed by atoms with Crippen molar-refractivity contribution in [2.45, 2.75) is 25.7 Å². The molecule has 24 heavy (non-hydrogen) atoms. The van der Waals surface area contributed by atoms with Crippen LogP contribution in [0, 0.1) is 0 Å². The van der Waals surface area contributed by atoms with E-state index >= 15 is 0 Å². The molecule has 0 radical (unpaired) electrons. The molecule has 0 aromatic heterocycles. The number of piperazine rings is 1. The van der Waals surface area contributed by atoms with Crippen molar-refractivity contribution in [3.63, 3.8) is 0 Å². The van der Waals surface area contributed by atoms with E-state index in [2.05, 4.69) is 10.6 Å². The molecular formula is C14H27N5O4S. The molecule has 2 fully saturated rings. The van der Waals surface area contributed by atoms with Crippen LogP contribution in [-0.4, -0.2) is 86.7 Å². The predicted molar refractivity (Wildman–Crippen MR) is 89.6 cm³/mol. The first-order valence-corrected chi connectivity index (χ1v) is 9.82. The Labute approximate surface area is 143 Å². The summed E-state index contributed by atoms with van der Waals surface area (Å²) in [6.45, 7) is 2.97. The molecule has 138 valence electrons. The molecule has 0 atom stereocenters. The van der Waals surface area contributed by atoms with Crippen molar-refractivity contribution in [1.82, 2.24) is 24.1 Å². The maximum atomic E-state index is 12.7. The number of imide groups is 1. The number of hydrogen-bond donors (Lipinski definition) is 2. The molecule has 2 heterocycles. The number of hydrogen-bond acceptors (Lipinski definition) is 5. The van der Waals surface area contributed by atoms with Gasteiger partial charge in [0.2, 0.25) is 5.91 Å². The highest BCUT2D eigenvalue weighted by Gasteiger charge is 2.32. The van der Waals surface area contributed by atoms with E-state index in [1.54, 1.807) is 4.31 Å². The average molecular weight is 361 g/mol. The number of amides is 3. The number of nitrogens with zero attached hydrogens (tertiary/aromatic N) is 3. The first-order valence-electron chi connectivity index (χ1n) is 8.42. The third-order valence-corrected chi connectivity index (χ3v) is 6.43. The van der Waals surface area contributed by atoms with E-state index in [4.69, 9.17) is 0 Å². The van der Waals surface area contributed by atoms with Crippen LogP contribution in [0.2, 0.25) is 0 Å². The summed E-state index contributed by atoms with van der Waals surface area (Å²) in [7, 11) is -1.97. The second-order valence-electron chi connectivity index (χ2n) is 6.12. The second-order valence-corrected chi connectivity index (χ2v) is 8.05. The highest BCUT2D eigenvalue weighted by atomic mass is 32.2. The van der Waals surface area contributed by atoms with E-state index in [-0.39, 0.29) is 6.54 Å². The topological polar surface area (TPSA) is 102 Å². The van der Waals surface area contributed by atoms with Gasteiger partial charge in [0.05, 0.1) is 6.54 Å². The van der Waals surface area contributed by atoms with Gasteiger partial charge in [0.25, 0.3) is 10.2 Å². The molecule has 0 saturated carbocycles. The fourth-order valence-corrected chi connectivity index (χ4v) is 4.66. The lowest BCUT2D eigenvalue weighted by atomic mass is 10.2. The average Bonchev–Trinajstić information content (AvgIpc) is 2.85. The minimum absolute atomic E-state index is 0.0883. The molecule has 3 amide bonds. The van der Waals surface area contributed by atoms with E-state index in [1.165, 1.54) is 11.4 Å². The molecule has 2 aliphatic rings. The zero-order valence-corrected chi connectivity index (χ0v) is 15.0. The maximum Gasteiger partial charge on any atom is 0.321 e. The first kappa shape index (κ1) is 19.1. The molecule has 0 unspecified atom stereocenters. The molecule has 2 N–H and O–H groups in total. The molecule has 2 rings (SSSR count). The van der Waals surface area contributed by atoms with Gasteiger partial charge in [-0.2, -0.15) is 17.0 Å². The predicted octanol–water partition coefficient (Wildman–Crippen LogP) is -0.820. The smallest absolute Gasteiger partial charge is 0.321 e. The first-order chi connectivity index (χ1) is 11.4. The monoisotopic (exact) mass is 361 g/mol. The Morgan fingerprint density at radius 2 is 1.42 bits per heavy atom. The Morgan fingerprint density at radius 3 is 1.96 bits per heavy atom. The highest BCUT2D eigenvalue weighted by molar-refractivity contribution is 7.86. The Kier molecular flexibility index (Phi) is 6.96. The standard InChI is InChI=1S/C14H27N5O4S/c1-15-14(21)16-13(20)12-17-8-10-19(11-9-17)24(22,23)18-6-4-2-3-5-7-18/h2-12H2,1H3,(H2,15,16,20,21). The van der Waals surface area contributed by atoms with Gasteiger partial charge in [-0.25, -0.2) is 4.79 Å². The summed E-state index contributed by atoms with van der Waals surface area (Å²) in [5, 5.41) is 4.53. The largest absolute Gasteiger partial charge is 0.341 e. The lowest BCUT2D eigenvalue weighted by molar-refractivity contribution is -0.121. The Morgan fingerprint density at radius 1 is 0.875 bits per heavy atom. The lowest BCUT2D eigenvalue weighted by Crippen LogP contribution is -2.55. The molecule has 10 heteroatoms. The van der Waals surface area contributed by atoms with Gasteiger partial charge in [-0.15, -0.1) is 0 Å². The number of nitrogens with one attached hydrogen (secondary N) is 2. The Hall–Kier alpha value is -1.23. The highest BCUT2D eigenvalue weighted by Crippen LogP contribution is 2.17. The van der Waals surface area contributed by atoms with Crippen molar-refractivity contribution >= 4 is 22.1 Å². The summed E-state index contributed by atoms with van der Waals surface area (Å²) >= 11 is 0. The van der Waals surface area contributed by atoms with Gasteiger partial charge in [0.1, 0.15) is 0 Å². The van der Waals surface area contributed by atoms with Crippen molar-refractivity contribution in [2.75, 3.05) is 52.9 Å². The maximum absolute atomic E-state index is 12.7. The third kappa shape index (κ3) is 5.13. The molecule has 0 aromatic carbocycles. The summed E-state index contributed by atoms with van der Waals surface area (Å²) in [5.41, 5.74) is 0. The Balaban J connectivity index is 1.83. The zero-order valence-electron chi connectivity index (χ0n) is 14.2. The molecule has 9 nitrogen and oxygen atoms in total. The van der Waals surface area contributed by atoms with E-state index in [0.29, 0.717) is 39.3 Å². The normalized spacial score (nSPS) is 21.9. The van der Waals surface area contributed by atoms with Crippen LogP contribution >= 0.6 is 0 Å². The van der Waals surface area contributed by atoms with Crippen LogP contribution in [0.15, 0.2) is 0 Å². The van der Waals surface area contributed by atoms with Crippen LogP contribution in [0.25, 0.3) is 0 Å². The fraction of sp³-hybridized carbons (Fsp3) is 0.857. The van der Waals surface area contributed by atoms with Gasteiger partial charge in [-0.3, -0.25) is 15.0 Å². The number of carbonyl (C=O) groups is 2. The number of carbonyl (C=O) groups excluding carboxylic acids is 2. The summed E-state index contributed by atoms with van der Waals surface area (Å²) in [6, 6.07) is -0.539. The minimum atomic E-state index is -3.41. The van der Waals surface area contributed by atoms with Crippen LogP contribution < -0.4 is 10.6 Å². The van der Waals surface area contributed by atoms with Gasteiger partial charge in [-0.1, -0.05) is 12.8 Å². The lowest BCUT2D eigenvalue weighted by Gasteiger charge is -2.36. The van der Waals surface area contributed by atoms with Crippen molar-refractivity contribution < 1.29 is 18.0 Å². The molecule has 0 aliphatic carbocycles. The van der Waals surface area contributed by atoms with E-state index < -0.39 is 22.1 Å². The van der Waals surface area contributed by atoms with E-state index in [0.717, 1.165) is 25.7 Å². The van der Waals surface area contributed by atoms with Crippen molar-refractivity contribution in [3.8, 4) is 0 Å². The molecule has 0 spiro atoms. The molecule has 2 saturated heterocycles. The molecular weight excluding hydrogens is 334 g/mol. The zero-order chi connectivity index (χ0) is 17.6. The third-order valence-electron chi connectivity index (χ3n) is 4.40. The van der Waals surface area contributed by atoms with Gasteiger partial charge in [0.15, 0.2) is 0 Å². The summed E-state index contributed by atoms with van der Waals surface area (Å²) in [5.74, 6) is -0.391. The second kappa shape index (κ2) is 8.75. The van der Waals surface area contributed by atoms with Crippen molar-refractivity contribution in [2.24, 2.45) is 0 Å². The van der Waals surface area contributed by atoms with Gasteiger partial charge >= 0.3 is 6.03 Å². The van der Waals surface area contributed by atoms with Crippen molar-refractivity contribution in [1.29, 1.82) is 0 Å². The SMILES string of the molecule is CNC(=O)NC(=O)CN1CCN(S(=O)(=O)N2CCCCCC2)CC1. The summed E-state index contributed by atoms with van der Waals surface area (Å²) in [4.78, 5) is 24.6. The van der Waals surface area contributed by atoms with Crippen LogP contribution in [0.3, 0.4) is 0 Å². The fourth-order valence-electron chi connectivity index (χ4n) is 2.99. The van der Waals surface area contributed by atoms with Gasteiger partial charge < -0.3 is 5.32 Å². The summed E-state index contributed by atoms with van der Waals surface area (Å²) < 4.78 is 28.5. The van der Waals surface area contributed by atoms with Gasteiger partial charge in [0, 0.05) is 46.3 Å².